The number of sulfonamides is 1. The van der Waals surface area contributed by atoms with E-state index in [0.717, 1.165) is 24.1 Å². The molecule has 1 heterocycles. The zero-order valence-corrected chi connectivity index (χ0v) is 16.6. The Morgan fingerprint density at radius 3 is 2.57 bits per heavy atom. The Labute approximate surface area is 164 Å². The summed E-state index contributed by atoms with van der Waals surface area (Å²) in [5.74, 6) is 1.22. The summed E-state index contributed by atoms with van der Waals surface area (Å²) in [7, 11) is -0.809. The fraction of sp³-hybridized carbons (Fsp3) is 0.350. The van der Waals surface area contributed by atoms with E-state index in [1.54, 1.807) is 35.2 Å². The van der Waals surface area contributed by atoms with Gasteiger partial charge in [0.25, 0.3) is 10.0 Å². The van der Waals surface area contributed by atoms with Crippen molar-refractivity contribution >= 4 is 27.3 Å². The quantitative estimate of drug-likeness (QED) is 0.803. The lowest BCUT2D eigenvalue weighted by atomic mass is 10.2. The summed E-state index contributed by atoms with van der Waals surface area (Å²) in [6.45, 7) is 0.605. The SMILES string of the molecule is COc1ccc(NS(=O)(=O)c2ccc3c(c2)CCN3C(=O)C2CC2)c(OC)c1. The number of hydrogen-bond donors (Lipinski definition) is 1. The Kier molecular flexibility index (Phi) is 4.66. The van der Waals surface area contributed by atoms with Crippen molar-refractivity contribution in [2.24, 2.45) is 5.92 Å². The number of rotatable bonds is 6. The molecule has 0 saturated heterocycles. The molecule has 8 heteroatoms. The maximum Gasteiger partial charge on any atom is 0.262 e. The molecule has 0 unspecified atom stereocenters. The van der Waals surface area contributed by atoms with Crippen LogP contribution in [0.5, 0.6) is 11.5 Å². The van der Waals surface area contributed by atoms with Gasteiger partial charge >= 0.3 is 0 Å². The molecule has 7 nitrogen and oxygen atoms in total. The average Bonchev–Trinajstić information content (AvgIpc) is 3.46. The van der Waals surface area contributed by atoms with Crippen molar-refractivity contribution in [1.29, 1.82) is 0 Å². The van der Waals surface area contributed by atoms with E-state index in [-0.39, 0.29) is 16.7 Å². The van der Waals surface area contributed by atoms with Crippen LogP contribution >= 0.6 is 0 Å². The smallest absolute Gasteiger partial charge is 0.262 e. The summed E-state index contributed by atoms with van der Waals surface area (Å²) in [5.41, 5.74) is 2.02. The normalized spacial score (nSPS) is 15.9. The lowest BCUT2D eigenvalue weighted by Gasteiger charge is -2.17. The third-order valence-corrected chi connectivity index (χ3v) is 6.47. The maximum absolute atomic E-state index is 12.9. The molecule has 28 heavy (non-hydrogen) atoms. The van der Waals surface area contributed by atoms with Gasteiger partial charge in [-0.25, -0.2) is 8.42 Å². The van der Waals surface area contributed by atoms with Crippen LogP contribution in [0.3, 0.4) is 0 Å². The van der Waals surface area contributed by atoms with Crippen LogP contribution < -0.4 is 19.1 Å². The van der Waals surface area contributed by atoms with Crippen LogP contribution in [0.2, 0.25) is 0 Å². The zero-order valence-electron chi connectivity index (χ0n) is 15.8. The number of carbonyl (C=O) groups is 1. The number of anilines is 2. The molecule has 4 rings (SSSR count). The second-order valence-electron chi connectivity index (χ2n) is 6.98. The van der Waals surface area contributed by atoms with Crippen molar-refractivity contribution < 1.29 is 22.7 Å². The minimum atomic E-state index is -3.80. The Balaban J connectivity index is 1.60. The van der Waals surface area contributed by atoms with E-state index in [4.69, 9.17) is 9.47 Å². The van der Waals surface area contributed by atoms with Crippen molar-refractivity contribution in [2.45, 2.75) is 24.2 Å². The minimum Gasteiger partial charge on any atom is -0.497 e. The standard InChI is InChI=1S/C20H22N2O5S/c1-26-15-5-7-17(19(12-15)27-2)21-28(24,25)16-6-8-18-14(11-16)9-10-22(18)20(23)13-3-4-13/h5-8,11-13,21H,3-4,9-10H2,1-2H3. The van der Waals surface area contributed by atoms with Gasteiger partial charge in [0.2, 0.25) is 5.91 Å². The lowest BCUT2D eigenvalue weighted by molar-refractivity contribution is -0.119. The molecule has 0 atom stereocenters. The summed E-state index contributed by atoms with van der Waals surface area (Å²) in [6, 6.07) is 9.77. The number of nitrogens with one attached hydrogen (secondary N) is 1. The molecule has 2 aromatic rings. The molecule has 1 amide bonds. The van der Waals surface area contributed by atoms with Crippen molar-refractivity contribution in [3.05, 3.63) is 42.0 Å². The first-order valence-corrected chi connectivity index (χ1v) is 10.6. The van der Waals surface area contributed by atoms with Crippen LogP contribution in [0.25, 0.3) is 0 Å². The molecular weight excluding hydrogens is 380 g/mol. The largest absolute Gasteiger partial charge is 0.497 e. The molecule has 1 saturated carbocycles. The minimum absolute atomic E-state index is 0.138. The van der Waals surface area contributed by atoms with Gasteiger partial charge in [-0.15, -0.1) is 0 Å². The molecule has 1 N–H and O–H groups in total. The molecule has 2 aromatic carbocycles. The number of nitrogens with zero attached hydrogens (tertiary/aromatic N) is 1. The Bertz CT molecular complexity index is 1030. The van der Waals surface area contributed by atoms with Gasteiger partial charge in [-0.1, -0.05) is 0 Å². The summed E-state index contributed by atoms with van der Waals surface area (Å²) < 4.78 is 38.7. The van der Waals surface area contributed by atoms with Crippen molar-refractivity contribution in [3.8, 4) is 11.5 Å². The first-order valence-electron chi connectivity index (χ1n) is 9.12. The molecule has 0 aromatic heterocycles. The third-order valence-electron chi connectivity index (χ3n) is 5.10. The fourth-order valence-corrected chi connectivity index (χ4v) is 4.53. The average molecular weight is 402 g/mol. The zero-order chi connectivity index (χ0) is 19.9. The highest BCUT2D eigenvalue weighted by atomic mass is 32.2. The van der Waals surface area contributed by atoms with E-state index in [1.807, 2.05) is 0 Å². The molecule has 0 spiro atoms. The molecule has 1 fully saturated rings. The lowest BCUT2D eigenvalue weighted by Crippen LogP contribution is -2.30. The monoisotopic (exact) mass is 402 g/mol. The van der Waals surface area contributed by atoms with Crippen LogP contribution in [0.4, 0.5) is 11.4 Å². The van der Waals surface area contributed by atoms with Gasteiger partial charge in [-0.05, 0) is 55.2 Å². The van der Waals surface area contributed by atoms with E-state index in [1.165, 1.54) is 20.3 Å². The first-order chi connectivity index (χ1) is 13.4. The Morgan fingerprint density at radius 2 is 1.89 bits per heavy atom. The van der Waals surface area contributed by atoms with Gasteiger partial charge in [0.05, 0.1) is 24.8 Å². The molecule has 148 valence electrons. The van der Waals surface area contributed by atoms with Crippen LogP contribution in [-0.2, 0) is 21.2 Å². The summed E-state index contributed by atoms with van der Waals surface area (Å²) >= 11 is 0. The van der Waals surface area contributed by atoms with Crippen LogP contribution in [0.15, 0.2) is 41.3 Å². The van der Waals surface area contributed by atoms with E-state index >= 15 is 0 Å². The van der Waals surface area contributed by atoms with Crippen molar-refractivity contribution in [2.75, 3.05) is 30.4 Å². The fourth-order valence-electron chi connectivity index (χ4n) is 3.41. The van der Waals surface area contributed by atoms with Gasteiger partial charge in [-0.3, -0.25) is 9.52 Å². The molecule has 1 aliphatic carbocycles. The number of benzene rings is 2. The molecule has 0 bridgehead atoms. The van der Waals surface area contributed by atoms with Gasteiger partial charge in [0.15, 0.2) is 0 Å². The summed E-state index contributed by atoms with van der Waals surface area (Å²) in [6.07, 6.45) is 2.55. The topological polar surface area (TPSA) is 84.9 Å². The molecular formula is C20H22N2O5S. The highest BCUT2D eigenvalue weighted by Crippen LogP contribution is 2.37. The Morgan fingerprint density at radius 1 is 1.11 bits per heavy atom. The van der Waals surface area contributed by atoms with Gasteiger partial charge in [0, 0.05) is 24.2 Å². The van der Waals surface area contributed by atoms with E-state index in [0.29, 0.717) is 30.2 Å². The first kappa shape index (κ1) is 18.6. The predicted molar refractivity (Wildman–Crippen MR) is 106 cm³/mol. The molecule has 2 aliphatic rings. The second kappa shape index (κ2) is 7.01. The van der Waals surface area contributed by atoms with Crippen molar-refractivity contribution in [1.82, 2.24) is 0 Å². The summed E-state index contributed by atoms with van der Waals surface area (Å²) in [5, 5.41) is 0. The van der Waals surface area contributed by atoms with Gasteiger partial charge in [0.1, 0.15) is 11.5 Å². The summed E-state index contributed by atoms with van der Waals surface area (Å²) in [4.78, 5) is 14.3. The number of carbonyl (C=O) groups excluding carboxylic acids is 1. The van der Waals surface area contributed by atoms with Gasteiger partial charge < -0.3 is 14.4 Å². The van der Waals surface area contributed by atoms with Gasteiger partial charge in [-0.2, -0.15) is 0 Å². The van der Waals surface area contributed by atoms with Crippen LogP contribution in [0, 0.1) is 5.92 Å². The molecule has 1 aliphatic heterocycles. The van der Waals surface area contributed by atoms with Crippen LogP contribution in [0.1, 0.15) is 18.4 Å². The van der Waals surface area contributed by atoms with E-state index in [2.05, 4.69) is 4.72 Å². The van der Waals surface area contributed by atoms with E-state index in [9.17, 15) is 13.2 Å². The number of methoxy groups -OCH3 is 2. The van der Waals surface area contributed by atoms with Crippen LogP contribution in [-0.4, -0.2) is 35.1 Å². The predicted octanol–water partition coefficient (Wildman–Crippen LogP) is 2.80. The maximum atomic E-state index is 12.9. The third kappa shape index (κ3) is 3.40. The van der Waals surface area contributed by atoms with E-state index < -0.39 is 10.0 Å². The number of ether oxygens (including phenoxy) is 2. The molecule has 0 radical (unpaired) electrons. The van der Waals surface area contributed by atoms with Crippen molar-refractivity contribution in [3.63, 3.8) is 0 Å². The number of fused-ring (bicyclic) bond motifs is 1. The highest BCUT2D eigenvalue weighted by molar-refractivity contribution is 7.92. The second-order valence-corrected chi connectivity index (χ2v) is 8.66. The highest BCUT2D eigenvalue weighted by Gasteiger charge is 2.36. The number of hydrogen-bond acceptors (Lipinski definition) is 5. The number of amides is 1. The Hall–Kier alpha value is -2.74.